The van der Waals surface area contributed by atoms with Crippen molar-refractivity contribution in [3.05, 3.63) is 46.4 Å². The van der Waals surface area contributed by atoms with Gasteiger partial charge in [-0.25, -0.2) is 0 Å². The molecule has 0 saturated carbocycles. The number of ether oxygens (including phenoxy) is 2. The van der Waals surface area contributed by atoms with Crippen LogP contribution in [-0.2, 0) is 4.74 Å². The zero-order valence-corrected chi connectivity index (χ0v) is 15.1. The summed E-state index contributed by atoms with van der Waals surface area (Å²) in [6.07, 6.45) is 0.748. The summed E-state index contributed by atoms with van der Waals surface area (Å²) in [6, 6.07) is 7.73. The topological polar surface area (TPSA) is 103 Å². The number of methoxy groups -OCH3 is 1. The molecule has 0 atom stereocenters. The first kappa shape index (κ1) is 19.5. The number of rotatable bonds is 8. The van der Waals surface area contributed by atoms with Crippen LogP contribution in [0.1, 0.15) is 30.8 Å². The van der Waals surface area contributed by atoms with E-state index in [9.17, 15) is 14.7 Å². The molecule has 0 saturated heterocycles. The summed E-state index contributed by atoms with van der Waals surface area (Å²) >= 11 is 0. The first-order valence-corrected chi connectivity index (χ1v) is 8.30. The Morgan fingerprint density at radius 2 is 2.08 bits per heavy atom. The molecule has 1 aromatic carbocycles. The minimum Gasteiger partial charge on any atom is -0.505 e. The maximum Gasteiger partial charge on any atom is 0.275 e. The number of aromatic nitrogens is 2. The van der Waals surface area contributed by atoms with Crippen molar-refractivity contribution in [2.24, 2.45) is 0 Å². The largest absolute Gasteiger partial charge is 0.505 e. The zero-order chi connectivity index (χ0) is 19.1. The van der Waals surface area contributed by atoms with Gasteiger partial charge in [0.25, 0.3) is 11.5 Å². The summed E-state index contributed by atoms with van der Waals surface area (Å²) in [5.74, 6) is -0.627. The summed E-state index contributed by atoms with van der Waals surface area (Å²) in [5, 5.41) is 16.6. The summed E-state index contributed by atoms with van der Waals surface area (Å²) < 4.78 is 11.6. The van der Waals surface area contributed by atoms with Crippen molar-refractivity contribution in [2.45, 2.75) is 26.4 Å². The molecule has 1 amide bonds. The molecule has 1 aromatic heterocycles. The van der Waals surface area contributed by atoms with Gasteiger partial charge in [0.2, 0.25) is 0 Å². The molecule has 8 heteroatoms. The van der Waals surface area contributed by atoms with Crippen molar-refractivity contribution in [2.75, 3.05) is 20.3 Å². The van der Waals surface area contributed by atoms with Gasteiger partial charge in [-0.15, -0.1) is 0 Å². The molecular weight excluding hydrogens is 338 g/mol. The predicted octanol–water partition coefficient (Wildman–Crippen LogP) is 1.49. The van der Waals surface area contributed by atoms with Crippen LogP contribution in [0.2, 0.25) is 0 Å². The number of nitrogens with one attached hydrogen (secondary N) is 1. The van der Waals surface area contributed by atoms with Gasteiger partial charge in [-0.3, -0.25) is 9.59 Å². The molecular formula is C18H23N3O5. The zero-order valence-electron chi connectivity index (χ0n) is 15.1. The lowest BCUT2D eigenvalue weighted by Crippen LogP contribution is -2.30. The second-order valence-corrected chi connectivity index (χ2v) is 5.83. The highest BCUT2D eigenvalue weighted by atomic mass is 16.5. The second kappa shape index (κ2) is 9.00. The molecule has 1 heterocycles. The Balaban J connectivity index is 2.19. The fourth-order valence-corrected chi connectivity index (χ4v) is 2.26. The Hall–Kier alpha value is -2.87. The normalized spacial score (nSPS) is 10.8. The fraction of sp³-hybridized carbons (Fsp3) is 0.389. The highest BCUT2D eigenvalue weighted by Gasteiger charge is 2.17. The monoisotopic (exact) mass is 361 g/mol. The highest BCUT2D eigenvalue weighted by Crippen LogP contribution is 2.21. The van der Waals surface area contributed by atoms with Gasteiger partial charge in [0.15, 0.2) is 11.4 Å². The van der Waals surface area contributed by atoms with E-state index in [2.05, 4.69) is 10.4 Å². The van der Waals surface area contributed by atoms with Crippen molar-refractivity contribution in [3.8, 4) is 17.2 Å². The molecule has 0 radical (unpaired) electrons. The first-order valence-electron chi connectivity index (χ1n) is 8.30. The minimum atomic E-state index is -0.575. The van der Waals surface area contributed by atoms with Crippen molar-refractivity contribution >= 4 is 5.91 Å². The van der Waals surface area contributed by atoms with Crippen LogP contribution in [-0.4, -0.2) is 47.2 Å². The molecule has 0 spiro atoms. The quantitative estimate of drug-likeness (QED) is 0.691. The van der Waals surface area contributed by atoms with Gasteiger partial charge >= 0.3 is 0 Å². The maximum atomic E-state index is 12.3. The number of hydrogen-bond acceptors (Lipinski definition) is 6. The number of aromatic hydroxyl groups is 1. The fourth-order valence-electron chi connectivity index (χ4n) is 2.26. The van der Waals surface area contributed by atoms with Gasteiger partial charge in [0.05, 0.1) is 13.2 Å². The van der Waals surface area contributed by atoms with Crippen LogP contribution in [0.4, 0.5) is 0 Å². The number of hydrogen-bond donors (Lipinski definition) is 2. The van der Waals surface area contributed by atoms with E-state index >= 15 is 0 Å². The highest BCUT2D eigenvalue weighted by molar-refractivity contribution is 5.94. The van der Waals surface area contributed by atoms with Gasteiger partial charge in [-0.2, -0.15) is 9.78 Å². The van der Waals surface area contributed by atoms with E-state index in [1.807, 2.05) is 13.8 Å². The lowest BCUT2D eigenvalue weighted by molar-refractivity contribution is 0.0756. The molecule has 0 fully saturated rings. The third-order valence-corrected chi connectivity index (χ3v) is 3.50. The summed E-state index contributed by atoms with van der Waals surface area (Å²) in [4.78, 5) is 24.5. The standard InChI is InChI=1S/C18H23N3O5/c1-12(2)26-10-6-9-19-18(24)17-14(22)11-16(23)21(20-17)13-7-4-5-8-15(13)25-3/h4-5,7-8,11-12,22H,6,9-10H2,1-3H3,(H,19,24). The van der Waals surface area contributed by atoms with Crippen LogP contribution in [0.5, 0.6) is 11.5 Å². The number of para-hydroxylation sites is 2. The van der Waals surface area contributed by atoms with Crippen molar-refractivity contribution in [3.63, 3.8) is 0 Å². The Kier molecular flexibility index (Phi) is 6.74. The average molecular weight is 361 g/mol. The van der Waals surface area contributed by atoms with Gasteiger partial charge in [0.1, 0.15) is 11.4 Å². The molecule has 0 aliphatic rings. The molecule has 140 valence electrons. The third-order valence-electron chi connectivity index (χ3n) is 3.50. The molecule has 0 unspecified atom stereocenters. The number of carbonyl (C=O) groups is 1. The molecule has 0 aliphatic heterocycles. The van der Waals surface area contributed by atoms with Crippen molar-refractivity contribution < 1.29 is 19.4 Å². The molecule has 0 bridgehead atoms. The summed E-state index contributed by atoms with van der Waals surface area (Å²) in [5.41, 5.74) is -0.437. The molecule has 26 heavy (non-hydrogen) atoms. The predicted molar refractivity (Wildman–Crippen MR) is 96.1 cm³/mol. The van der Waals surface area contributed by atoms with Crippen LogP contribution >= 0.6 is 0 Å². The van der Waals surface area contributed by atoms with Crippen LogP contribution in [0, 0.1) is 0 Å². The van der Waals surface area contributed by atoms with E-state index in [0.29, 0.717) is 31.0 Å². The third kappa shape index (κ3) is 4.82. The van der Waals surface area contributed by atoms with Crippen molar-refractivity contribution in [1.82, 2.24) is 15.1 Å². The molecule has 8 nitrogen and oxygen atoms in total. The first-order chi connectivity index (χ1) is 12.4. The molecule has 0 aliphatic carbocycles. The van der Waals surface area contributed by atoms with Crippen LogP contribution in [0.3, 0.4) is 0 Å². The lowest BCUT2D eigenvalue weighted by Gasteiger charge is -2.12. The Labute approximate surface area is 151 Å². The van der Waals surface area contributed by atoms with Crippen LogP contribution in [0.25, 0.3) is 5.69 Å². The van der Waals surface area contributed by atoms with Gasteiger partial charge in [-0.05, 0) is 32.4 Å². The molecule has 2 rings (SSSR count). The van der Waals surface area contributed by atoms with Gasteiger partial charge in [-0.1, -0.05) is 12.1 Å². The minimum absolute atomic E-state index is 0.126. The Morgan fingerprint density at radius 3 is 2.77 bits per heavy atom. The van der Waals surface area contributed by atoms with E-state index in [1.165, 1.54) is 7.11 Å². The Morgan fingerprint density at radius 1 is 1.35 bits per heavy atom. The van der Waals surface area contributed by atoms with E-state index < -0.39 is 17.2 Å². The number of benzene rings is 1. The number of carbonyl (C=O) groups excluding carboxylic acids is 1. The Bertz CT molecular complexity index is 817. The molecule has 2 N–H and O–H groups in total. The lowest BCUT2D eigenvalue weighted by atomic mass is 10.3. The van der Waals surface area contributed by atoms with E-state index in [0.717, 1.165) is 10.7 Å². The van der Waals surface area contributed by atoms with E-state index in [-0.39, 0.29) is 11.8 Å². The van der Waals surface area contributed by atoms with Crippen molar-refractivity contribution in [1.29, 1.82) is 0 Å². The van der Waals surface area contributed by atoms with Gasteiger partial charge < -0.3 is 19.9 Å². The SMILES string of the molecule is COc1ccccc1-n1nc(C(=O)NCCCOC(C)C)c(O)cc1=O. The van der Waals surface area contributed by atoms with Crippen LogP contribution < -0.4 is 15.6 Å². The number of nitrogens with zero attached hydrogens (tertiary/aromatic N) is 2. The number of amides is 1. The second-order valence-electron chi connectivity index (χ2n) is 5.83. The maximum absolute atomic E-state index is 12.3. The smallest absolute Gasteiger partial charge is 0.275 e. The van der Waals surface area contributed by atoms with Gasteiger partial charge in [0, 0.05) is 19.2 Å². The van der Waals surface area contributed by atoms with E-state index in [1.54, 1.807) is 24.3 Å². The average Bonchev–Trinajstić information content (AvgIpc) is 2.61. The summed E-state index contributed by atoms with van der Waals surface area (Å²) in [6.45, 7) is 4.74. The van der Waals surface area contributed by atoms with Crippen LogP contribution in [0.15, 0.2) is 35.1 Å². The van der Waals surface area contributed by atoms with E-state index in [4.69, 9.17) is 9.47 Å². The molecule has 2 aromatic rings. The summed E-state index contributed by atoms with van der Waals surface area (Å²) in [7, 11) is 1.47.